The van der Waals surface area contributed by atoms with Crippen LogP contribution in [0.1, 0.15) is 310 Å². The zero-order chi connectivity index (χ0) is 71.8. The van der Waals surface area contributed by atoms with Gasteiger partial charge < -0.3 is 33.8 Å². The van der Waals surface area contributed by atoms with Crippen LogP contribution < -0.4 is 0 Å². The van der Waals surface area contributed by atoms with E-state index in [2.05, 4.69) is 113 Å². The molecule has 3 N–H and O–H groups in total. The first-order valence-corrected chi connectivity index (χ1v) is 41.1. The van der Waals surface area contributed by atoms with Crippen LogP contribution in [-0.2, 0) is 65.4 Å². The van der Waals surface area contributed by atoms with Gasteiger partial charge in [0, 0.05) is 19.3 Å². The molecule has 0 amide bonds. The second-order valence-electron chi connectivity index (χ2n) is 25.2. The molecule has 0 saturated carbocycles. The van der Waals surface area contributed by atoms with Crippen LogP contribution in [0.2, 0.25) is 0 Å². The van der Waals surface area contributed by atoms with Gasteiger partial charge in [0.05, 0.1) is 32.8 Å². The quantitative estimate of drug-likeness (QED) is 0.0169. The van der Waals surface area contributed by atoms with Crippen molar-refractivity contribution in [1.82, 2.24) is 0 Å². The van der Waals surface area contributed by atoms with Crippen LogP contribution in [0.15, 0.2) is 109 Å². The standard InChI is InChI=1S/C79H136O17P2/c1-5-9-13-17-21-25-29-33-35-36-38-42-44-48-52-56-60-64-77(82)90-70-75(96-79(84)66-62-58-54-50-46-40-32-28-24-20-16-12-8-4)72-94-98(87,88)92-68-73(80)67-91-97(85,86)93-71-74(95-78(83)65-61-57-53-49-45-39-31-27-23-19-15-11-7-3)69-89-76(81)63-59-55-51-47-43-41-37-34-30-26-22-18-14-10-6-2/h9-10,13-14,21-22,25-26,28,32-35,37,43,47,55,59,73-75,80H,5-8,11-12,15-20,23-24,27,29-31,36,38-42,44-46,48-54,56-58,60-72H2,1-4H3,(H,85,86)(H,87,88)/b13-9-,14-10-,25-21-,26-22-,32-28-,35-33-,37-34-,47-43-,59-55-. The Hall–Kier alpha value is -4.28. The van der Waals surface area contributed by atoms with Crippen molar-refractivity contribution in [3.8, 4) is 0 Å². The molecule has 0 aliphatic rings. The van der Waals surface area contributed by atoms with Gasteiger partial charge in [-0.3, -0.25) is 37.3 Å². The van der Waals surface area contributed by atoms with E-state index in [0.29, 0.717) is 25.7 Å². The Balaban J connectivity index is 5.39. The number of carbonyl (C=O) groups excluding carboxylic acids is 4. The summed E-state index contributed by atoms with van der Waals surface area (Å²) in [4.78, 5) is 72.8. The smallest absolute Gasteiger partial charge is 0.462 e. The molecule has 0 aliphatic heterocycles. The number of rotatable bonds is 71. The minimum atomic E-state index is -4.99. The van der Waals surface area contributed by atoms with Gasteiger partial charge in [-0.1, -0.05) is 285 Å². The van der Waals surface area contributed by atoms with Crippen molar-refractivity contribution in [2.45, 2.75) is 329 Å². The molecule has 0 aromatic heterocycles. The topological polar surface area (TPSA) is 237 Å². The lowest BCUT2D eigenvalue weighted by atomic mass is 10.0. The molecular formula is C79H136O17P2. The van der Waals surface area contributed by atoms with E-state index in [9.17, 15) is 43.2 Å². The fraction of sp³-hybridized carbons (Fsp3) is 0.722. The van der Waals surface area contributed by atoms with Crippen molar-refractivity contribution >= 4 is 39.5 Å². The van der Waals surface area contributed by atoms with Gasteiger partial charge >= 0.3 is 39.5 Å². The van der Waals surface area contributed by atoms with Crippen LogP contribution in [-0.4, -0.2) is 96.7 Å². The number of unbranched alkanes of at least 4 members (excludes halogenated alkanes) is 28. The van der Waals surface area contributed by atoms with E-state index in [0.717, 1.165) is 154 Å². The molecule has 0 bridgehead atoms. The number of carbonyl (C=O) groups is 4. The predicted octanol–water partition coefficient (Wildman–Crippen LogP) is 21.8. The Bertz CT molecular complexity index is 2290. The molecule has 17 nitrogen and oxygen atoms in total. The van der Waals surface area contributed by atoms with E-state index in [4.69, 9.17) is 37.0 Å². The molecule has 0 rings (SSSR count). The molecular weight excluding hydrogens is 1280 g/mol. The van der Waals surface area contributed by atoms with Crippen LogP contribution in [0.5, 0.6) is 0 Å². The van der Waals surface area contributed by atoms with Crippen molar-refractivity contribution in [1.29, 1.82) is 0 Å². The summed E-state index contributed by atoms with van der Waals surface area (Å²) in [6.07, 6.45) is 75.4. The maximum absolute atomic E-state index is 13.1. The van der Waals surface area contributed by atoms with Gasteiger partial charge in [-0.25, -0.2) is 9.13 Å². The third kappa shape index (κ3) is 70.2. The molecule has 0 heterocycles. The number of phosphoric ester groups is 2. The average Bonchev–Trinajstić information content (AvgIpc) is 0.971. The van der Waals surface area contributed by atoms with Crippen LogP contribution in [0.3, 0.4) is 0 Å². The Morgan fingerprint density at radius 2 is 0.571 bits per heavy atom. The number of phosphoric acid groups is 2. The normalized spacial score (nSPS) is 14.6. The minimum absolute atomic E-state index is 0.0694. The van der Waals surface area contributed by atoms with E-state index in [1.165, 1.54) is 77.0 Å². The Morgan fingerprint density at radius 3 is 0.929 bits per heavy atom. The molecule has 5 atom stereocenters. The average molecular weight is 1420 g/mol. The monoisotopic (exact) mass is 1420 g/mol. The van der Waals surface area contributed by atoms with Crippen molar-refractivity contribution in [3.63, 3.8) is 0 Å². The highest BCUT2D eigenvalue weighted by Crippen LogP contribution is 2.45. The molecule has 0 radical (unpaired) electrons. The second kappa shape index (κ2) is 71.1. The largest absolute Gasteiger partial charge is 0.472 e. The molecule has 5 unspecified atom stereocenters. The first-order valence-electron chi connectivity index (χ1n) is 38.1. The van der Waals surface area contributed by atoms with Crippen molar-refractivity contribution in [2.24, 2.45) is 0 Å². The van der Waals surface area contributed by atoms with Gasteiger partial charge in [0.2, 0.25) is 0 Å². The lowest BCUT2D eigenvalue weighted by Crippen LogP contribution is -2.30. The molecule has 0 saturated heterocycles. The van der Waals surface area contributed by atoms with Gasteiger partial charge in [-0.05, 0) is 109 Å². The third-order valence-corrected chi connectivity index (χ3v) is 17.7. The van der Waals surface area contributed by atoms with Gasteiger partial charge in [0.15, 0.2) is 12.2 Å². The Morgan fingerprint density at radius 1 is 0.306 bits per heavy atom. The van der Waals surface area contributed by atoms with Gasteiger partial charge in [-0.2, -0.15) is 0 Å². The Kier molecular flexibility index (Phi) is 68.0. The lowest BCUT2D eigenvalue weighted by Gasteiger charge is -2.21. The first-order chi connectivity index (χ1) is 47.7. The summed E-state index contributed by atoms with van der Waals surface area (Å²) in [5.74, 6) is -2.33. The fourth-order valence-electron chi connectivity index (χ4n) is 10.0. The number of aliphatic hydroxyl groups excluding tert-OH is 1. The number of ether oxygens (including phenoxy) is 4. The summed E-state index contributed by atoms with van der Waals surface area (Å²) in [6, 6.07) is 0. The Labute approximate surface area is 594 Å². The van der Waals surface area contributed by atoms with Crippen molar-refractivity contribution in [3.05, 3.63) is 109 Å². The molecule has 19 heteroatoms. The highest BCUT2D eigenvalue weighted by Gasteiger charge is 2.30. The molecule has 564 valence electrons. The number of esters is 4. The van der Waals surface area contributed by atoms with Gasteiger partial charge in [-0.15, -0.1) is 0 Å². The van der Waals surface area contributed by atoms with E-state index in [1.54, 1.807) is 6.08 Å². The van der Waals surface area contributed by atoms with E-state index in [1.807, 2.05) is 18.2 Å². The second-order valence-corrected chi connectivity index (χ2v) is 28.1. The third-order valence-electron chi connectivity index (χ3n) is 15.8. The van der Waals surface area contributed by atoms with E-state index in [-0.39, 0.29) is 25.7 Å². The lowest BCUT2D eigenvalue weighted by molar-refractivity contribution is -0.161. The molecule has 0 aliphatic carbocycles. The summed E-state index contributed by atoms with van der Waals surface area (Å²) in [5.41, 5.74) is 0. The molecule has 0 fully saturated rings. The van der Waals surface area contributed by atoms with Crippen LogP contribution >= 0.6 is 15.6 Å². The van der Waals surface area contributed by atoms with Crippen LogP contribution in [0.4, 0.5) is 0 Å². The van der Waals surface area contributed by atoms with Crippen molar-refractivity contribution < 1.29 is 80.2 Å². The van der Waals surface area contributed by atoms with E-state index >= 15 is 0 Å². The summed E-state index contributed by atoms with van der Waals surface area (Å²) in [6.45, 7) is 4.52. The summed E-state index contributed by atoms with van der Waals surface area (Å²) in [7, 11) is -9.97. The van der Waals surface area contributed by atoms with Crippen LogP contribution in [0.25, 0.3) is 0 Å². The summed E-state index contributed by atoms with van der Waals surface area (Å²) >= 11 is 0. The number of allylic oxidation sites excluding steroid dienone is 17. The zero-order valence-corrected chi connectivity index (χ0v) is 63.2. The summed E-state index contributed by atoms with van der Waals surface area (Å²) < 4.78 is 68.3. The van der Waals surface area contributed by atoms with E-state index < -0.39 is 97.5 Å². The highest BCUT2D eigenvalue weighted by molar-refractivity contribution is 7.47. The fourth-order valence-corrected chi connectivity index (χ4v) is 11.6. The molecule has 98 heavy (non-hydrogen) atoms. The van der Waals surface area contributed by atoms with Crippen LogP contribution in [0, 0.1) is 0 Å². The summed E-state index contributed by atoms with van der Waals surface area (Å²) in [5, 5.41) is 10.6. The minimum Gasteiger partial charge on any atom is -0.462 e. The van der Waals surface area contributed by atoms with Gasteiger partial charge in [0.1, 0.15) is 19.3 Å². The maximum atomic E-state index is 13.1. The van der Waals surface area contributed by atoms with Gasteiger partial charge in [0.25, 0.3) is 0 Å². The molecule has 0 spiro atoms. The zero-order valence-electron chi connectivity index (χ0n) is 61.4. The number of hydrogen-bond donors (Lipinski definition) is 3. The SMILES string of the molecule is CC/C=C\C/C=C\C/C=C\C/C=C\C/C=C\CC(=O)OCC(COP(=O)(O)OCC(O)COP(=O)(O)OCC(COC(=O)CCCCCCCCC/C=C\C/C=C\C/C=C\CC)OC(=O)CCCCCCC/C=C\CCCCCC)OC(=O)CCCCCCCCCCCCCCC. The molecule has 0 aromatic rings. The molecule has 0 aromatic carbocycles. The highest BCUT2D eigenvalue weighted by atomic mass is 31.2. The number of hydrogen-bond acceptors (Lipinski definition) is 15. The van der Waals surface area contributed by atoms with Crippen molar-refractivity contribution in [2.75, 3.05) is 39.6 Å². The number of aliphatic hydroxyl groups is 1. The first kappa shape index (κ1) is 93.7. The predicted molar refractivity (Wildman–Crippen MR) is 399 cm³/mol. The maximum Gasteiger partial charge on any atom is 0.472 e.